The van der Waals surface area contributed by atoms with Gasteiger partial charge in [-0.3, -0.25) is 9.52 Å². The van der Waals surface area contributed by atoms with Crippen molar-refractivity contribution in [1.29, 1.82) is 0 Å². The molecule has 0 saturated carbocycles. The van der Waals surface area contributed by atoms with Crippen molar-refractivity contribution in [3.8, 4) is 0 Å². The third-order valence-electron chi connectivity index (χ3n) is 3.70. The number of sulfonamides is 1. The van der Waals surface area contributed by atoms with E-state index in [1.54, 1.807) is 24.3 Å². The first-order valence-electron chi connectivity index (χ1n) is 7.90. The van der Waals surface area contributed by atoms with Crippen LogP contribution in [0, 0.1) is 5.82 Å². The molecule has 0 aliphatic heterocycles. The average Bonchev–Trinajstić information content (AvgIpc) is 2.66. The van der Waals surface area contributed by atoms with Crippen LogP contribution in [0.5, 0.6) is 0 Å². The van der Waals surface area contributed by atoms with E-state index in [2.05, 4.69) is 26.0 Å². The van der Waals surface area contributed by atoms with Gasteiger partial charge >= 0.3 is 0 Å². The van der Waals surface area contributed by atoms with Crippen LogP contribution in [0.4, 0.5) is 15.8 Å². The Morgan fingerprint density at radius 2 is 1.71 bits per heavy atom. The van der Waals surface area contributed by atoms with Crippen LogP contribution >= 0.6 is 27.5 Å². The molecule has 0 unspecified atom stereocenters. The molecule has 3 aromatic rings. The van der Waals surface area contributed by atoms with Gasteiger partial charge in [0.1, 0.15) is 5.82 Å². The zero-order valence-electron chi connectivity index (χ0n) is 14.1. The quantitative estimate of drug-likeness (QED) is 0.517. The highest BCUT2D eigenvalue weighted by Gasteiger charge is 2.17. The first-order chi connectivity index (χ1) is 13.3. The Morgan fingerprint density at radius 1 is 1.00 bits per heavy atom. The number of anilines is 2. The second-order valence-electron chi connectivity index (χ2n) is 5.69. The summed E-state index contributed by atoms with van der Waals surface area (Å²) in [5, 5.41) is 2.51. The van der Waals surface area contributed by atoms with Gasteiger partial charge in [0, 0.05) is 10.2 Å². The molecule has 144 valence electrons. The minimum Gasteiger partial charge on any atom is -0.319 e. The molecular weight excluding hydrogens is 471 g/mol. The summed E-state index contributed by atoms with van der Waals surface area (Å²) in [5.41, 5.74) is 0.117. The predicted molar refractivity (Wildman–Crippen MR) is 111 cm³/mol. The second-order valence-corrected chi connectivity index (χ2v) is 8.70. The Balaban J connectivity index is 1.86. The fraction of sp³-hybridized carbons (Fsp3) is 0. The van der Waals surface area contributed by atoms with Crippen LogP contribution in [-0.4, -0.2) is 14.3 Å². The van der Waals surface area contributed by atoms with E-state index < -0.39 is 21.7 Å². The number of amides is 1. The van der Waals surface area contributed by atoms with E-state index in [0.29, 0.717) is 4.47 Å². The number of benzene rings is 3. The van der Waals surface area contributed by atoms with Gasteiger partial charge in [0.15, 0.2) is 0 Å². The van der Waals surface area contributed by atoms with Crippen molar-refractivity contribution in [2.24, 2.45) is 0 Å². The number of carbonyl (C=O) groups is 1. The third kappa shape index (κ3) is 4.70. The molecule has 0 fully saturated rings. The monoisotopic (exact) mass is 482 g/mol. The molecule has 0 bridgehead atoms. The maximum atomic E-state index is 13.9. The van der Waals surface area contributed by atoms with Crippen molar-refractivity contribution in [3.63, 3.8) is 0 Å². The molecule has 5 nitrogen and oxygen atoms in total. The number of hydrogen-bond donors (Lipinski definition) is 2. The SMILES string of the molecule is O=C(Nc1ccc(Br)cc1F)c1cc(NS(=O)(=O)c2ccccc2)ccc1Cl. The lowest BCUT2D eigenvalue weighted by Crippen LogP contribution is -2.16. The van der Waals surface area contributed by atoms with Crippen LogP contribution in [0.25, 0.3) is 0 Å². The first-order valence-corrected chi connectivity index (χ1v) is 10.6. The maximum Gasteiger partial charge on any atom is 0.261 e. The molecule has 0 atom stereocenters. The average molecular weight is 484 g/mol. The maximum absolute atomic E-state index is 13.9. The van der Waals surface area contributed by atoms with E-state index in [1.165, 1.54) is 42.5 Å². The van der Waals surface area contributed by atoms with E-state index in [0.717, 1.165) is 0 Å². The molecule has 0 saturated heterocycles. The first kappa shape index (κ1) is 20.3. The minimum absolute atomic E-state index is 0.00255. The molecule has 9 heteroatoms. The predicted octanol–water partition coefficient (Wildman–Crippen LogP) is 5.29. The number of rotatable bonds is 5. The van der Waals surface area contributed by atoms with Crippen molar-refractivity contribution in [1.82, 2.24) is 0 Å². The summed E-state index contributed by atoms with van der Waals surface area (Å²) < 4.78 is 41.7. The molecular formula is C19H13BrClFN2O3S. The summed E-state index contributed by atoms with van der Waals surface area (Å²) in [7, 11) is -3.83. The van der Waals surface area contributed by atoms with Gasteiger partial charge in [0.05, 0.1) is 21.2 Å². The van der Waals surface area contributed by atoms with E-state index in [-0.39, 0.29) is 26.9 Å². The van der Waals surface area contributed by atoms with Crippen LogP contribution in [0.1, 0.15) is 10.4 Å². The summed E-state index contributed by atoms with van der Waals surface area (Å²) in [6.07, 6.45) is 0. The highest BCUT2D eigenvalue weighted by molar-refractivity contribution is 9.10. The zero-order chi connectivity index (χ0) is 20.3. The second kappa shape index (κ2) is 8.30. The van der Waals surface area contributed by atoms with Crippen LogP contribution < -0.4 is 10.0 Å². The van der Waals surface area contributed by atoms with Gasteiger partial charge in [-0.25, -0.2) is 12.8 Å². The van der Waals surface area contributed by atoms with E-state index in [1.807, 2.05) is 0 Å². The summed E-state index contributed by atoms with van der Waals surface area (Å²) in [6, 6.07) is 16.1. The van der Waals surface area contributed by atoms with Gasteiger partial charge in [0.25, 0.3) is 15.9 Å². The molecule has 28 heavy (non-hydrogen) atoms. The van der Waals surface area contributed by atoms with Gasteiger partial charge in [-0.15, -0.1) is 0 Å². The Morgan fingerprint density at radius 3 is 2.39 bits per heavy atom. The molecule has 0 spiro atoms. The Kier molecular flexibility index (Phi) is 6.02. The Hall–Kier alpha value is -2.42. The van der Waals surface area contributed by atoms with Crippen molar-refractivity contribution in [2.45, 2.75) is 4.90 Å². The third-order valence-corrected chi connectivity index (χ3v) is 5.92. The lowest BCUT2D eigenvalue weighted by Gasteiger charge is -2.12. The topological polar surface area (TPSA) is 75.3 Å². The van der Waals surface area contributed by atoms with Crippen LogP contribution in [-0.2, 0) is 10.0 Å². The van der Waals surface area contributed by atoms with Gasteiger partial charge in [0.2, 0.25) is 0 Å². The van der Waals surface area contributed by atoms with E-state index in [9.17, 15) is 17.6 Å². The Bertz CT molecular complexity index is 1140. The van der Waals surface area contributed by atoms with Crippen molar-refractivity contribution in [3.05, 3.63) is 87.6 Å². The van der Waals surface area contributed by atoms with Crippen LogP contribution in [0.3, 0.4) is 0 Å². The van der Waals surface area contributed by atoms with Crippen molar-refractivity contribution < 1.29 is 17.6 Å². The standard InChI is InChI=1S/C19H13BrClFN2O3S/c20-12-6-9-18(17(22)10-12)23-19(25)15-11-13(7-8-16(15)21)24-28(26,27)14-4-2-1-3-5-14/h1-11,24H,(H,23,25). The van der Waals surface area contributed by atoms with Gasteiger partial charge in [-0.1, -0.05) is 45.7 Å². The van der Waals surface area contributed by atoms with Gasteiger partial charge in [-0.05, 0) is 48.5 Å². The zero-order valence-corrected chi connectivity index (χ0v) is 17.3. The molecule has 0 aliphatic rings. The number of hydrogen-bond acceptors (Lipinski definition) is 3. The Labute approximate surface area is 174 Å². The lowest BCUT2D eigenvalue weighted by molar-refractivity contribution is 0.102. The normalized spacial score (nSPS) is 11.1. The molecule has 0 heterocycles. The highest BCUT2D eigenvalue weighted by Crippen LogP contribution is 2.25. The van der Waals surface area contributed by atoms with Gasteiger partial charge in [-0.2, -0.15) is 0 Å². The molecule has 0 radical (unpaired) electrons. The lowest BCUT2D eigenvalue weighted by atomic mass is 10.2. The van der Waals surface area contributed by atoms with E-state index in [4.69, 9.17) is 11.6 Å². The molecule has 0 aliphatic carbocycles. The van der Waals surface area contributed by atoms with Crippen molar-refractivity contribution in [2.75, 3.05) is 10.0 Å². The van der Waals surface area contributed by atoms with Crippen molar-refractivity contribution >= 4 is 54.8 Å². The summed E-state index contributed by atoms with van der Waals surface area (Å²) in [6.45, 7) is 0. The minimum atomic E-state index is -3.83. The van der Waals surface area contributed by atoms with Gasteiger partial charge < -0.3 is 5.32 Å². The summed E-state index contributed by atoms with van der Waals surface area (Å²) >= 11 is 9.21. The molecule has 2 N–H and O–H groups in total. The number of nitrogens with one attached hydrogen (secondary N) is 2. The van der Waals surface area contributed by atoms with Crippen LogP contribution in [0.2, 0.25) is 5.02 Å². The number of carbonyl (C=O) groups excluding carboxylic acids is 1. The number of halogens is 3. The smallest absolute Gasteiger partial charge is 0.261 e. The molecule has 3 rings (SSSR count). The highest BCUT2D eigenvalue weighted by atomic mass is 79.9. The largest absolute Gasteiger partial charge is 0.319 e. The fourth-order valence-electron chi connectivity index (χ4n) is 2.36. The fourth-order valence-corrected chi connectivity index (χ4v) is 3.96. The summed E-state index contributed by atoms with van der Waals surface area (Å²) in [4.78, 5) is 12.6. The summed E-state index contributed by atoms with van der Waals surface area (Å²) in [5.74, 6) is -1.30. The molecule has 1 amide bonds. The molecule has 3 aromatic carbocycles. The van der Waals surface area contributed by atoms with E-state index >= 15 is 0 Å². The van der Waals surface area contributed by atoms with Crippen LogP contribution in [0.15, 0.2) is 76.1 Å². The molecule has 0 aromatic heterocycles.